The number of hydrogen-bond acceptors (Lipinski definition) is 6. The van der Waals surface area contributed by atoms with Gasteiger partial charge in [-0.15, -0.1) is 0 Å². The molecule has 0 bridgehead atoms. The smallest absolute Gasteiger partial charge is 0.301 e. The Balaban J connectivity index is 1.79. The second-order valence-electron chi connectivity index (χ2n) is 8.41. The minimum absolute atomic E-state index is 0.00476. The molecule has 2 aliphatic rings. The fourth-order valence-corrected chi connectivity index (χ4v) is 5.39. The molecule has 1 saturated heterocycles. The first-order chi connectivity index (χ1) is 16.8. The summed E-state index contributed by atoms with van der Waals surface area (Å²) in [7, 11) is 0. The third-order valence-electron chi connectivity index (χ3n) is 5.96. The molecule has 35 heavy (non-hydrogen) atoms. The van der Waals surface area contributed by atoms with Gasteiger partial charge in [0.2, 0.25) is 4.87 Å². The van der Waals surface area contributed by atoms with E-state index in [1.54, 1.807) is 12.1 Å². The van der Waals surface area contributed by atoms with Crippen LogP contribution in [0.4, 0.5) is 11.4 Å². The van der Waals surface area contributed by atoms with Crippen molar-refractivity contribution in [2.24, 2.45) is 10.7 Å². The van der Waals surface area contributed by atoms with Gasteiger partial charge in [0, 0.05) is 11.4 Å². The Hall–Kier alpha value is -4.17. The van der Waals surface area contributed by atoms with Gasteiger partial charge in [0.15, 0.2) is 5.17 Å². The van der Waals surface area contributed by atoms with Crippen molar-refractivity contribution >= 4 is 51.6 Å². The van der Waals surface area contributed by atoms with E-state index in [-0.39, 0.29) is 10.7 Å². The Morgan fingerprint density at radius 2 is 1.49 bits per heavy atom. The lowest BCUT2D eigenvalue weighted by Gasteiger charge is -2.32. The molecule has 174 valence electrons. The number of aryl methyl sites for hydroxylation is 2. The van der Waals surface area contributed by atoms with Crippen LogP contribution in [0.25, 0.3) is 5.70 Å². The van der Waals surface area contributed by atoms with E-state index >= 15 is 0 Å². The van der Waals surface area contributed by atoms with Crippen molar-refractivity contribution in [2.75, 3.05) is 10.2 Å². The minimum atomic E-state index is -1.75. The van der Waals surface area contributed by atoms with Crippen LogP contribution in [0.2, 0.25) is 0 Å². The molecule has 0 aliphatic carbocycles. The first-order valence-corrected chi connectivity index (χ1v) is 11.8. The lowest BCUT2D eigenvalue weighted by Crippen LogP contribution is -2.49. The maximum Gasteiger partial charge on any atom is 0.301 e. The second-order valence-corrected chi connectivity index (χ2v) is 9.63. The van der Waals surface area contributed by atoms with E-state index in [2.05, 4.69) is 10.3 Å². The highest BCUT2D eigenvalue weighted by atomic mass is 32.2. The van der Waals surface area contributed by atoms with E-state index in [4.69, 9.17) is 5.73 Å². The van der Waals surface area contributed by atoms with Crippen molar-refractivity contribution < 1.29 is 14.4 Å². The number of nitrogens with one attached hydrogen (secondary N) is 1. The van der Waals surface area contributed by atoms with E-state index in [1.165, 1.54) is 4.90 Å². The molecule has 5 rings (SSSR count). The minimum Gasteiger partial charge on any atom is -0.378 e. The molecule has 3 aromatic carbocycles. The number of Topliss-reactive ketones (excluding diaryl/α,β-unsaturated/α-hetero) is 1. The first-order valence-electron chi connectivity index (χ1n) is 11.0. The first kappa shape index (κ1) is 22.6. The summed E-state index contributed by atoms with van der Waals surface area (Å²) >= 11 is 0.907. The number of benzene rings is 3. The molecule has 2 aliphatic heterocycles. The fraction of sp³-hybridized carbons (Fsp3) is 0.111. The molecule has 1 atom stereocenters. The summed E-state index contributed by atoms with van der Waals surface area (Å²) in [4.78, 5) is 44.1. The number of amidine groups is 1. The van der Waals surface area contributed by atoms with Gasteiger partial charge in [-0.25, -0.2) is 0 Å². The highest BCUT2D eigenvalue weighted by Crippen LogP contribution is 2.51. The monoisotopic (exact) mass is 482 g/mol. The summed E-state index contributed by atoms with van der Waals surface area (Å²) in [6.07, 6.45) is 0. The van der Waals surface area contributed by atoms with Crippen LogP contribution >= 0.6 is 11.8 Å². The molecule has 1 unspecified atom stereocenters. The number of carbonyl (C=O) groups is 3. The van der Waals surface area contributed by atoms with Gasteiger partial charge in [0.25, 0.3) is 11.7 Å². The number of carbonyl (C=O) groups excluding carboxylic acids is 3. The average Bonchev–Trinajstić information content (AvgIpc) is 3.26. The average molecular weight is 483 g/mol. The third-order valence-corrected chi connectivity index (χ3v) is 7.11. The van der Waals surface area contributed by atoms with Crippen LogP contribution in [-0.2, 0) is 14.4 Å². The van der Waals surface area contributed by atoms with Gasteiger partial charge in [0.05, 0.1) is 11.3 Å². The maximum absolute atomic E-state index is 13.7. The van der Waals surface area contributed by atoms with Gasteiger partial charge in [0.1, 0.15) is 0 Å². The predicted octanol–water partition coefficient (Wildman–Crippen LogP) is 4.03. The summed E-state index contributed by atoms with van der Waals surface area (Å²) in [6, 6.07) is 23.8. The number of thioether (sulfide) groups is 1. The highest BCUT2D eigenvalue weighted by molar-refractivity contribution is 8.16. The van der Waals surface area contributed by atoms with Crippen LogP contribution in [0.1, 0.15) is 16.7 Å². The van der Waals surface area contributed by atoms with E-state index in [0.29, 0.717) is 22.6 Å². The van der Waals surface area contributed by atoms with Gasteiger partial charge in [-0.2, -0.15) is 4.99 Å². The SMILES string of the molecule is Cc1ccc(NC(=C2C(=O)C(=O)N(c3ccc(C)cc3)C23SC(N)=NC3=O)c2ccccc2)cc1. The van der Waals surface area contributed by atoms with E-state index in [1.807, 2.05) is 80.6 Å². The number of hydrogen-bond donors (Lipinski definition) is 2. The van der Waals surface area contributed by atoms with Crippen molar-refractivity contribution in [2.45, 2.75) is 18.7 Å². The van der Waals surface area contributed by atoms with E-state index in [0.717, 1.165) is 22.9 Å². The zero-order valence-electron chi connectivity index (χ0n) is 19.1. The topological polar surface area (TPSA) is 105 Å². The molecule has 3 aromatic rings. The van der Waals surface area contributed by atoms with Crippen molar-refractivity contribution in [3.05, 3.63) is 101 Å². The van der Waals surface area contributed by atoms with Gasteiger partial charge in [-0.05, 0) is 55.4 Å². The zero-order chi connectivity index (χ0) is 24.7. The third kappa shape index (κ3) is 3.72. The van der Waals surface area contributed by atoms with Gasteiger partial charge in [-0.3, -0.25) is 19.3 Å². The Labute approximate surface area is 206 Å². The lowest BCUT2D eigenvalue weighted by molar-refractivity contribution is -0.132. The number of rotatable bonds is 4. The summed E-state index contributed by atoms with van der Waals surface area (Å²) in [5.74, 6) is -2.27. The Bertz CT molecular complexity index is 1410. The molecule has 1 fully saturated rings. The summed E-state index contributed by atoms with van der Waals surface area (Å²) in [5.41, 5.74) is 10.2. The van der Waals surface area contributed by atoms with Crippen LogP contribution in [0.5, 0.6) is 0 Å². The molecular formula is C27H22N4O3S. The molecular weight excluding hydrogens is 460 g/mol. The number of nitrogens with zero attached hydrogens (tertiary/aromatic N) is 2. The van der Waals surface area contributed by atoms with Crippen molar-refractivity contribution in [1.82, 2.24) is 0 Å². The lowest BCUT2D eigenvalue weighted by atomic mass is 9.97. The second kappa shape index (κ2) is 8.56. The summed E-state index contributed by atoms with van der Waals surface area (Å²) in [6.45, 7) is 3.89. The van der Waals surface area contributed by atoms with E-state index in [9.17, 15) is 14.4 Å². The maximum atomic E-state index is 13.7. The normalized spacial score (nSPS) is 21.0. The number of nitrogens with two attached hydrogens (primary N) is 1. The fourth-order valence-electron chi connectivity index (χ4n) is 4.25. The van der Waals surface area contributed by atoms with Gasteiger partial charge >= 0.3 is 5.91 Å². The quantitative estimate of drug-likeness (QED) is 0.430. The van der Waals surface area contributed by atoms with Crippen LogP contribution in [0.3, 0.4) is 0 Å². The largest absolute Gasteiger partial charge is 0.378 e. The zero-order valence-corrected chi connectivity index (χ0v) is 19.9. The van der Waals surface area contributed by atoms with Crippen molar-refractivity contribution in [3.8, 4) is 0 Å². The molecule has 8 heteroatoms. The van der Waals surface area contributed by atoms with Crippen LogP contribution in [-0.4, -0.2) is 27.6 Å². The van der Waals surface area contributed by atoms with Crippen molar-refractivity contribution in [1.29, 1.82) is 0 Å². The Morgan fingerprint density at radius 1 is 0.886 bits per heavy atom. The highest BCUT2D eigenvalue weighted by Gasteiger charge is 2.65. The Kier molecular flexibility index (Phi) is 5.53. The predicted molar refractivity (Wildman–Crippen MR) is 139 cm³/mol. The molecule has 1 spiro atoms. The number of amides is 2. The number of anilines is 2. The van der Waals surface area contributed by atoms with Crippen LogP contribution < -0.4 is 16.0 Å². The van der Waals surface area contributed by atoms with Crippen molar-refractivity contribution in [3.63, 3.8) is 0 Å². The Morgan fingerprint density at radius 3 is 2.06 bits per heavy atom. The molecule has 0 radical (unpaired) electrons. The molecule has 7 nitrogen and oxygen atoms in total. The number of ketones is 1. The molecule has 3 N–H and O–H groups in total. The summed E-state index contributed by atoms with van der Waals surface area (Å²) < 4.78 is 0. The number of aliphatic imine (C=N–C) groups is 1. The van der Waals surface area contributed by atoms with Gasteiger partial charge in [-0.1, -0.05) is 65.7 Å². The molecule has 2 amide bonds. The van der Waals surface area contributed by atoms with Crippen LogP contribution in [0, 0.1) is 13.8 Å². The van der Waals surface area contributed by atoms with Crippen LogP contribution in [0.15, 0.2) is 89.4 Å². The summed E-state index contributed by atoms with van der Waals surface area (Å²) in [5, 5.41) is 3.30. The standard InChI is InChI=1S/C27H22N4O3S/c1-16-8-12-19(13-9-16)29-22(18-6-4-3-5-7-18)21-23(32)24(33)31(20-14-10-17(2)11-15-20)27(21)25(34)30-26(28)35-27/h3-15,29H,1-2H3,(H2,28,30,34). The molecule has 0 aromatic heterocycles. The molecule has 0 saturated carbocycles. The van der Waals surface area contributed by atoms with Gasteiger partial charge < -0.3 is 11.1 Å². The van der Waals surface area contributed by atoms with E-state index < -0.39 is 22.5 Å². The molecule has 2 heterocycles.